The van der Waals surface area contributed by atoms with Crippen LogP contribution in [-0.2, 0) is 9.53 Å². The van der Waals surface area contributed by atoms with Crippen LogP contribution in [0.1, 0.15) is 19.3 Å². The van der Waals surface area contributed by atoms with E-state index in [9.17, 15) is 4.79 Å². The van der Waals surface area contributed by atoms with E-state index in [1.165, 1.54) is 6.42 Å². The van der Waals surface area contributed by atoms with Gasteiger partial charge in [0.15, 0.2) is 0 Å². The summed E-state index contributed by atoms with van der Waals surface area (Å²) in [7, 11) is 0. The van der Waals surface area contributed by atoms with Gasteiger partial charge in [0.05, 0.1) is 12.0 Å². The van der Waals surface area contributed by atoms with E-state index in [1.807, 2.05) is 0 Å². The first-order valence-electron chi connectivity index (χ1n) is 5.46. The molecule has 2 heterocycles. The molecule has 0 radical (unpaired) electrons. The van der Waals surface area contributed by atoms with Crippen molar-refractivity contribution in [2.75, 3.05) is 26.2 Å². The first kappa shape index (κ1) is 12.7. The van der Waals surface area contributed by atoms with E-state index in [-0.39, 0.29) is 24.2 Å². The number of hydrogen-bond donors (Lipinski definition) is 2. The van der Waals surface area contributed by atoms with Crippen LogP contribution >= 0.6 is 12.4 Å². The summed E-state index contributed by atoms with van der Waals surface area (Å²) in [5, 5.41) is 6.04. The number of rotatable bonds is 4. The van der Waals surface area contributed by atoms with Gasteiger partial charge in [-0.15, -0.1) is 12.4 Å². The molecule has 0 aromatic rings. The summed E-state index contributed by atoms with van der Waals surface area (Å²) >= 11 is 0. The number of carbonyl (C=O) groups is 1. The van der Waals surface area contributed by atoms with Crippen LogP contribution in [0.4, 0.5) is 0 Å². The summed E-state index contributed by atoms with van der Waals surface area (Å²) in [6.45, 7) is 3.34. The van der Waals surface area contributed by atoms with Gasteiger partial charge in [-0.3, -0.25) is 4.79 Å². The molecule has 0 spiro atoms. The lowest BCUT2D eigenvalue weighted by atomic mass is 10.0. The van der Waals surface area contributed by atoms with Crippen molar-refractivity contribution in [3.8, 4) is 0 Å². The average molecular weight is 235 g/mol. The van der Waals surface area contributed by atoms with Gasteiger partial charge in [0.2, 0.25) is 5.91 Å². The molecule has 2 fully saturated rings. The van der Waals surface area contributed by atoms with Crippen LogP contribution in [0, 0.1) is 5.92 Å². The lowest BCUT2D eigenvalue weighted by Crippen LogP contribution is -2.51. The monoisotopic (exact) mass is 234 g/mol. The quantitative estimate of drug-likeness (QED) is 0.737. The summed E-state index contributed by atoms with van der Waals surface area (Å²) < 4.78 is 5.47. The Hall–Kier alpha value is -0.320. The molecule has 88 valence electrons. The third kappa shape index (κ3) is 3.63. The third-order valence-corrected chi connectivity index (χ3v) is 2.94. The predicted octanol–water partition coefficient (Wildman–Crippen LogP) is 0.313. The normalized spacial score (nSPS) is 25.5. The van der Waals surface area contributed by atoms with Crippen molar-refractivity contribution in [2.24, 2.45) is 5.92 Å². The average Bonchev–Trinajstić information content (AvgIpc) is 2.53. The van der Waals surface area contributed by atoms with Crippen molar-refractivity contribution < 1.29 is 9.53 Å². The number of nitrogens with one attached hydrogen (secondary N) is 2. The first-order valence-corrected chi connectivity index (χ1v) is 5.46. The van der Waals surface area contributed by atoms with Gasteiger partial charge >= 0.3 is 0 Å². The maximum absolute atomic E-state index is 11.4. The van der Waals surface area contributed by atoms with Crippen LogP contribution in [0.5, 0.6) is 0 Å². The zero-order valence-electron chi connectivity index (χ0n) is 8.83. The fourth-order valence-electron chi connectivity index (χ4n) is 1.85. The first-order chi connectivity index (χ1) is 6.86. The minimum Gasteiger partial charge on any atom is -0.378 e. The molecule has 1 atom stereocenters. The summed E-state index contributed by atoms with van der Waals surface area (Å²) in [6, 6.07) is 0. The Kier molecular flexibility index (Phi) is 5.36. The lowest BCUT2D eigenvalue weighted by Gasteiger charge is -2.25. The SMILES string of the molecule is Cl.O=C(NCCC1CCCO1)C1CNC1. The Morgan fingerprint density at radius 1 is 1.47 bits per heavy atom. The largest absolute Gasteiger partial charge is 0.378 e. The van der Waals surface area contributed by atoms with Crippen LogP contribution in [0.3, 0.4) is 0 Å². The van der Waals surface area contributed by atoms with E-state index < -0.39 is 0 Å². The topological polar surface area (TPSA) is 50.4 Å². The molecule has 0 saturated carbocycles. The second kappa shape index (κ2) is 6.30. The Labute approximate surface area is 96.5 Å². The van der Waals surface area contributed by atoms with E-state index >= 15 is 0 Å². The van der Waals surface area contributed by atoms with E-state index in [0.717, 1.165) is 39.1 Å². The summed E-state index contributed by atoms with van der Waals surface area (Å²) in [5.74, 6) is 0.404. The van der Waals surface area contributed by atoms with Gasteiger partial charge < -0.3 is 15.4 Å². The molecule has 1 unspecified atom stereocenters. The smallest absolute Gasteiger partial charge is 0.225 e. The molecule has 2 rings (SSSR count). The zero-order chi connectivity index (χ0) is 9.80. The zero-order valence-corrected chi connectivity index (χ0v) is 9.65. The van der Waals surface area contributed by atoms with E-state index in [0.29, 0.717) is 6.10 Å². The van der Waals surface area contributed by atoms with Crippen molar-refractivity contribution in [1.29, 1.82) is 0 Å². The molecule has 4 nitrogen and oxygen atoms in total. The molecule has 0 aromatic carbocycles. The van der Waals surface area contributed by atoms with Gasteiger partial charge in [0, 0.05) is 26.2 Å². The van der Waals surface area contributed by atoms with Gasteiger partial charge in [-0.1, -0.05) is 0 Å². The van der Waals surface area contributed by atoms with E-state index in [2.05, 4.69) is 10.6 Å². The molecule has 2 aliphatic rings. The maximum Gasteiger partial charge on any atom is 0.225 e. The predicted molar refractivity (Wildman–Crippen MR) is 60.2 cm³/mol. The molecule has 0 aromatic heterocycles. The molecule has 2 aliphatic heterocycles. The minimum absolute atomic E-state index is 0. The van der Waals surface area contributed by atoms with Crippen LogP contribution in [0.25, 0.3) is 0 Å². The van der Waals surface area contributed by atoms with Crippen LogP contribution in [0.2, 0.25) is 0 Å². The molecular weight excluding hydrogens is 216 g/mol. The summed E-state index contributed by atoms with van der Waals surface area (Å²) in [4.78, 5) is 11.4. The fourth-order valence-corrected chi connectivity index (χ4v) is 1.85. The molecule has 2 saturated heterocycles. The Morgan fingerprint density at radius 3 is 2.80 bits per heavy atom. The highest BCUT2D eigenvalue weighted by atomic mass is 35.5. The molecule has 0 aliphatic carbocycles. The minimum atomic E-state index is 0. The van der Waals surface area contributed by atoms with E-state index in [1.54, 1.807) is 0 Å². The number of halogens is 1. The molecule has 2 N–H and O–H groups in total. The number of ether oxygens (including phenoxy) is 1. The third-order valence-electron chi connectivity index (χ3n) is 2.94. The second-order valence-corrected chi connectivity index (χ2v) is 4.07. The van der Waals surface area contributed by atoms with Gasteiger partial charge in [-0.2, -0.15) is 0 Å². The number of carbonyl (C=O) groups excluding carboxylic acids is 1. The highest BCUT2D eigenvalue weighted by molar-refractivity contribution is 5.85. The number of amides is 1. The fraction of sp³-hybridized carbons (Fsp3) is 0.900. The van der Waals surface area contributed by atoms with Gasteiger partial charge in [0.1, 0.15) is 0 Å². The van der Waals surface area contributed by atoms with Gasteiger partial charge in [0.25, 0.3) is 0 Å². The van der Waals surface area contributed by atoms with Crippen molar-refractivity contribution in [1.82, 2.24) is 10.6 Å². The maximum atomic E-state index is 11.4. The molecule has 15 heavy (non-hydrogen) atoms. The van der Waals surface area contributed by atoms with E-state index in [4.69, 9.17) is 4.74 Å². The highest BCUT2D eigenvalue weighted by Crippen LogP contribution is 2.14. The van der Waals surface area contributed by atoms with Crippen LogP contribution < -0.4 is 10.6 Å². The van der Waals surface area contributed by atoms with Crippen LogP contribution in [-0.4, -0.2) is 38.3 Å². The summed E-state index contributed by atoms with van der Waals surface area (Å²) in [6.07, 6.45) is 3.67. The molecular formula is C10H19ClN2O2. The lowest BCUT2D eigenvalue weighted by molar-refractivity contribution is -0.126. The highest BCUT2D eigenvalue weighted by Gasteiger charge is 2.24. The molecule has 0 bridgehead atoms. The van der Waals surface area contributed by atoms with Crippen molar-refractivity contribution >= 4 is 18.3 Å². The Bertz CT molecular complexity index is 204. The second-order valence-electron chi connectivity index (χ2n) is 4.07. The van der Waals surface area contributed by atoms with Crippen molar-refractivity contribution in [2.45, 2.75) is 25.4 Å². The van der Waals surface area contributed by atoms with Crippen molar-refractivity contribution in [3.05, 3.63) is 0 Å². The number of hydrogen-bond acceptors (Lipinski definition) is 3. The standard InChI is InChI=1S/C10H18N2O2.ClH/c13-10(8-6-11-7-8)12-4-3-9-2-1-5-14-9;/h8-9,11H,1-7H2,(H,12,13);1H. The van der Waals surface area contributed by atoms with Gasteiger partial charge in [-0.25, -0.2) is 0 Å². The van der Waals surface area contributed by atoms with Crippen molar-refractivity contribution in [3.63, 3.8) is 0 Å². The molecule has 5 heteroatoms. The van der Waals surface area contributed by atoms with Gasteiger partial charge in [-0.05, 0) is 19.3 Å². The molecule has 1 amide bonds. The summed E-state index contributed by atoms with van der Waals surface area (Å²) in [5.41, 5.74) is 0. The Morgan fingerprint density at radius 2 is 2.27 bits per heavy atom. The van der Waals surface area contributed by atoms with Crippen LogP contribution in [0.15, 0.2) is 0 Å². The Balaban J connectivity index is 0.00000112.